The van der Waals surface area contributed by atoms with Crippen LogP contribution in [0.25, 0.3) is 0 Å². The van der Waals surface area contributed by atoms with Crippen LogP contribution >= 0.6 is 0 Å². The van der Waals surface area contributed by atoms with Crippen LogP contribution in [0, 0.1) is 33.5 Å². The molecule has 2 aromatic carbocycles. The number of carbonyl (C=O) groups is 2. The number of benzene rings is 2. The summed E-state index contributed by atoms with van der Waals surface area (Å²) in [5.41, 5.74) is 5.24. The Bertz CT molecular complexity index is 1070. The summed E-state index contributed by atoms with van der Waals surface area (Å²) in [5.74, 6) is -0.991. The highest BCUT2D eigenvalue weighted by Crippen LogP contribution is 2.22. The summed E-state index contributed by atoms with van der Waals surface area (Å²) in [6.07, 6.45) is 0. The van der Waals surface area contributed by atoms with Gasteiger partial charge in [-0.05, 0) is 56.5 Å². The highest BCUT2D eigenvalue weighted by atomic mass is 19.1. The van der Waals surface area contributed by atoms with Gasteiger partial charge in [-0.15, -0.1) is 5.10 Å². The third kappa shape index (κ3) is 4.89. The average Bonchev–Trinajstić information content (AvgIpc) is 3.04. The molecule has 2 N–H and O–H groups in total. The van der Waals surface area contributed by atoms with E-state index < -0.39 is 0 Å². The number of amides is 2. The third-order valence-electron chi connectivity index (χ3n) is 4.81. The molecule has 3 rings (SSSR count). The van der Waals surface area contributed by atoms with E-state index in [2.05, 4.69) is 20.9 Å². The Balaban J connectivity index is 1.64. The monoisotopic (exact) mass is 409 g/mol. The van der Waals surface area contributed by atoms with Gasteiger partial charge in [-0.2, -0.15) is 0 Å². The molecule has 0 radical (unpaired) electrons. The Morgan fingerprint density at radius 1 is 1.03 bits per heavy atom. The molecule has 0 aliphatic carbocycles. The summed E-state index contributed by atoms with van der Waals surface area (Å²) in [6, 6.07) is 9.88. The number of hydrogen-bond donors (Lipinski definition) is 2. The zero-order chi connectivity index (χ0) is 21.8. The fourth-order valence-corrected chi connectivity index (χ4v) is 3.27. The first-order valence-electron chi connectivity index (χ1n) is 9.55. The van der Waals surface area contributed by atoms with Crippen LogP contribution in [-0.2, 0) is 17.9 Å². The number of anilines is 1. The van der Waals surface area contributed by atoms with Gasteiger partial charge in [0, 0.05) is 12.2 Å². The van der Waals surface area contributed by atoms with Crippen molar-refractivity contribution in [2.24, 2.45) is 0 Å². The van der Waals surface area contributed by atoms with E-state index in [0.717, 1.165) is 27.9 Å². The lowest BCUT2D eigenvalue weighted by atomic mass is 10.0. The molecule has 3 aromatic rings. The minimum atomic E-state index is -0.375. The van der Waals surface area contributed by atoms with Crippen LogP contribution in [0.3, 0.4) is 0 Å². The van der Waals surface area contributed by atoms with Crippen molar-refractivity contribution in [2.75, 3.05) is 5.32 Å². The van der Waals surface area contributed by atoms with Crippen molar-refractivity contribution in [1.82, 2.24) is 20.3 Å². The molecule has 0 unspecified atom stereocenters. The van der Waals surface area contributed by atoms with E-state index in [-0.39, 0.29) is 36.4 Å². The lowest BCUT2D eigenvalue weighted by Gasteiger charge is -2.12. The van der Waals surface area contributed by atoms with E-state index in [1.165, 1.54) is 16.8 Å². The van der Waals surface area contributed by atoms with Gasteiger partial charge in [-0.25, -0.2) is 9.07 Å². The Kier molecular flexibility index (Phi) is 6.25. The number of hydrogen-bond acceptors (Lipinski definition) is 4. The summed E-state index contributed by atoms with van der Waals surface area (Å²) < 4.78 is 14.3. The predicted molar refractivity (Wildman–Crippen MR) is 112 cm³/mol. The quantitative estimate of drug-likeness (QED) is 0.654. The van der Waals surface area contributed by atoms with Gasteiger partial charge in [-0.1, -0.05) is 35.0 Å². The molecule has 0 spiro atoms. The molecule has 0 atom stereocenters. The topological polar surface area (TPSA) is 88.9 Å². The first-order chi connectivity index (χ1) is 14.2. The lowest BCUT2D eigenvalue weighted by Crippen LogP contribution is -2.28. The number of nitrogens with one attached hydrogen (secondary N) is 2. The maximum absolute atomic E-state index is 12.9. The first kappa shape index (κ1) is 21.2. The lowest BCUT2D eigenvalue weighted by molar-refractivity contribution is -0.122. The minimum Gasteiger partial charge on any atom is -0.350 e. The summed E-state index contributed by atoms with van der Waals surface area (Å²) in [4.78, 5) is 24.9. The summed E-state index contributed by atoms with van der Waals surface area (Å²) >= 11 is 0. The molecule has 0 saturated carbocycles. The Morgan fingerprint density at radius 3 is 2.30 bits per heavy atom. The molecule has 7 nitrogen and oxygen atoms in total. The van der Waals surface area contributed by atoms with Crippen LogP contribution in [0.15, 0.2) is 36.4 Å². The maximum Gasteiger partial charge on any atom is 0.278 e. The number of rotatable bonds is 6. The second kappa shape index (κ2) is 8.86. The van der Waals surface area contributed by atoms with Crippen molar-refractivity contribution in [3.8, 4) is 0 Å². The van der Waals surface area contributed by atoms with Gasteiger partial charge in [0.25, 0.3) is 5.91 Å². The van der Waals surface area contributed by atoms with Gasteiger partial charge >= 0.3 is 0 Å². The Morgan fingerprint density at radius 2 is 1.67 bits per heavy atom. The van der Waals surface area contributed by atoms with Crippen LogP contribution in [0.1, 0.15) is 38.4 Å². The fraction of sp³-hybridized carbons (Fsp3) is 0.273. The van der Waals surface area contributed by atoms with E-state index >= 15 is 0 Å². The minimum absolute atomic E-state index is 0.0735. The van der Waals surface area contributed by atoms with Crippen molar-refractivity contribution in [3.63, 3.8) is 0 Å². The second-order valence-corrected chi connectivity index (χ2v) is 7.31. The van der Waals surface area contributed by atoms with Crippen molar-refractivity contribution in [1.29, 1.82) is 0 Å². The Labute approximate surface area is 174 Å². The van der Waals surface area contributed by atoms with Crippen LogP contribution in [-0.4, -0.2) is 26.8 Å². The number of halogens is 1. The molecule has 2 amide bonds. The van der Waals surface area contributed by atoms with Crippen molar-refractivity contribution in [2.45, 2.75) is 40.8 Å². The van der Waals surface area contributed by atoms with Gasteiger partial charge in [0.1, 0.15) is 12.4 Å². The van der Waals surface area contributed by atoms with E-state index in [4.69, 9.17) is 0 Å². The van der Waals surface area contributed by atoms with Gasteiger partial charge in [0.15, 0.2) is 5.69 Å². The predicted octanol–water partition coefficient (Wildman–Crippen LogP) is 3.22. The summed E-state index contributed by atoms with van der Waals surface area (Å²) in [6.45, 7) is 7.76. The molecule has 156 valence electrons. The fourth-order valence-electron chi connectivity index (χ4n) is 3.27. The molecule has 1 heterocycles. The van der Waals surface area contributed by atoms with Crippen molar-refractivity contribution >= 4 is 17.5 Å². The van der Waals surface area contributed by atoms with Crippen LogP contribution < -0.4 is 10.6 Å². The van der Waals surface area contributed by atoms with Crippen molar-refractivity contribution in [3.05, 3.63) is 75.9 Å². The smallest absolute Gasteiger partial charge is 0.278 e. The molecule has 8 heteroatoms. The molecular formula is C22H24FN5O2. The number of nitrogens with zero attached hydrogens (tertiary/aromatic N) is 3. The average molecular weight is 409 g/mol. The molecule has 0 aliphatic heterocycles. The molecule has 0 saturated heterocycles. The number of aromatic nitrogens is 3. The first-order valence-corrected chi connectivity index (χ1v) is 9.55. The molecule has 0 bridgehead atoms. The normalized spacial score (nSPS) is 10.7. The molecule has 30 heavy (non-hydrogen) atoms. The number of carbonyl (C=O) groups excluding carboxylic acids is 2. The van der Waals surface area contributed by atoms with Gasteiger partial charge in [-0.3, -0.25) is 9.59 Å². The van der Waals surface area contributed by atoms with Crippen LogP contribution in [0.2, 0.25) is 0 Å². The zero-order valence-electron chi connectivity index (χ0n) is 17.4. The zero-order valence-corrected chi connectivity index (χ0v) is 17.4. The third-order valence-corrected chi connectivity index (χ3v) is 4.81. The van der Waals surface area contributed by atoms with Crippen molar-refractivity contribution < 1.29 is 14.0 Å². The standard InChI is InChI=1S/C22H24FN5O2/c1-13-9-14(2)20(15(3)10-13)25-22(30)21-16(4)28(27-26-21)12-19(29)24-11-17-5-7-18(23)8-6-17/h5-10H,11-12H2,1-4H3,(H,24,29)(H,25,30). The summed E-state index contributed by atoms with van der Waals surface area (Å²) in [7, 11) is 0. The number of aryl methyl sites for hydroxylation is 3. The highest BCUT2D eigenvalue weighted by Gasteiger charge is 2.19. The Hall–Kier alpha value is -3.55. The molecule has 0 fully saturated rings. The highest BCUT2D eigenvalue weighted by molar-refractivity contribution is 6.04. The van der Waals surface area contributed by atoms with E-state index in [9.17, 15) is 14.0 Å². The van der Waals surface area contributed by atoms with Gasteiger partial charge in [0.05, 0.1) is 5.69 Å². The van der Waals surface area contributed by atoms with Gasteiger partial charge in [0.2, 0.25) is 5.91 Å². The molecule has 0 aliphatic rings. The van der Waals surface area contributed by atoms with E-state index in [0.29, 0.717) is 5.69 Å². The van der Waals surface area contributed by atoms with Crippen LogP contribution in [0.4, 0.5) is 10.1 Å². The van der Waals surface area contributed by atoms with Gasteiger partial charge < -0.3 is 10.6 Å². The van der Waals surface area contributed by atoms with Crippen LogP contribution in [0.5, 0.6) is 0 Å². The second-order valence-electron chi connectivity index (χ2n) is 7.31. The summed E-state index contributed by atoms with van der Waals surface area (Å²) in [5, 5.41) is 13.5. The van der Waals surface area contributed by atoms with E-state index in [1.54, 1.807) is 19.1 Å². The molecule has 1 aromatic heterocycles. The maximum atomic E-state index is 12.9. The SMILES string of the molecule is Cc1cc(C)c(NC(=O)c2nnn(CC(=O)NCc3ccc(F)cc3)c2C)c(C)c1. The molecular weight excluding hydrogens is 385 g/mol. The largest absolute Gasteiger partial charge is 0.350 e. The van der Waals surface area contributed by atoms with E-state index in [1.807, 2.05) is 32.9 Å².